The zero-order valence-corrected chi connectivity index (χ0v) is 16.2. The minimum atomic E-state index is -0.832. The number of fused-ring (bicyclic) bond motifs is 3. The molecule has 1 heterocycles. The summed E-state index contributed by atoms with van der Waals surface area (Å²) in [6, 6.07) is 12.9. The number of rotatable bonds is 2. The predicted molar refractivity (Wildman–Crippen MR) is 100 cm³/mol. The first kappa shape index (κ1) is 16.6. The van der Waals surface area contributed by atoms with Crippen LogP contribution in [-0.2, 0) is 21.7 Å². The van der Waals surface area contributed by atoms with E-state index in [1.54, 1.807) is 0 Å². The van der Waals surface area contributed by atoms with Crippen molar-refractivity contribution in [1.29, 1.82) is 0 Å². The van der Waals surface area contributed by atoms with Crippen LogP contribution in [0.2, 0.25) is 0 Å². The average Bonchev–Trinajstić information content (AvgIpc) is 2.92. The van der Waals surface area contributed by atoms with E-state index >= 15 is 0 Å². The monoisotopic (exact) mass is 406 g/mol. The van der Waals surface area contributed by atoms with E-state index in [2.05, 4.69) is 66.2 Å². The first-order valence-electron chi connectivity index (χ1n) is 8.19. The van der Waals surface area contributed by atoms with E-state index in [4.69, 9.17) is 21.1 Å². The first-order valence-corrected chi connectivity index (χ1v) is 9.51. The molecule has 0 spiro atoms. The van der Waals surface area contributed by atoms with Crippen LogP contribution >= 0.6 is 27.5 Å². The van der Waals surface area contributed by atoms with Crippen molar-refractivity contribution in [3.63, 3.8) is 0 Å². The highest BCUT2D eigenvalue weighted by Gasteiger charge is 2.42. The standard InChI is InChI=1S/C20H20BrClO2/c1-19(2)11-23-20(10-22,24-12-19)15-3-5-17-13(8-15)7-14-9-16(21)4-6-18(14)17/h3-6,8-9H,7,10-12H2,1-2H3. The van der Waals surface area contributed by atoms with Crippen LogP contribution in [0.5, 0.6) is 0 Å². The summed E-state index contributed by atoms with van der Waals surface area (Å²) in [7, 11) is 0. The molecule has 0 amide bonds. The predicted octanol–water partition coefficient (Wildman–Crippen LogP) is 5.48. The molecular formula is C20H20BrClO2. The molecule has 1 aliphatic heterocycles. The van der Waals surface area contributed by atoms with Gasteiger partial charge in [0.05, 0.1) is 19.1 Å². The number of alkyl halides is 1. The van der Waals surface area contributed by atoms with Gasteiger partial charge < -0.3 is 9.47 Å². The zero-order valence-electron chi connectivity index (χ0n) is 13.9. The van der Waals surface area contributed by atoms with E-state index in [9.17, 15) is 0 Å². The molecule has 0 bridgehead atoms. The molecule has 2 aromatic rings. The van der Waals surface area contributed by atoms with Gasteiger partial charge in [-0.1, -0.05) is 48.0 Å². The fourth-order valence-electron chi connectivity index (χ4n) is 3.44. The Balaban J connectivity index is 1.70. The molecule has 2 aliphatic rings. The smallest absolute Gasteiger partial charge is 0.208 e. The summed E-state index contributed by atoms with van der Waals surface area (Å²) in [6.45, 7) is 5.57. The van der Waals surface area contributed by atoms with Gasteiger partial charge in [-0.05, 0) is 46.9 Å². The third-order valence-electron chi connectivity index (χ3n) is 4.85. The second-order valence-electron chi connectivity index (χ2n) is 7.48. The summed E-state index contributed by atoms with van der Waals surface area (Å²) in [5.74, 6) is -0.540. The highest BCUT2D eigenvalue weighted by atomic mass is 79.9. The summed E-state index contributed by atoms with van der Waals surface area (Å²) in [5.41, 5.74) is 6.30. The lowest BCUT2D eigenvalue weighted by atomic mass is 9.93. The van der Waals surface area contributed by atoms with Gasteiger partial charge in [-0.2, -0.15) is 0 Å². The van der Waals surface area contributed by atoms with Crippen LogP contribution in [0.25, 0.3) is 11.1 Å². The van der Waals surface area contributed by atoms with E-state index in [0.29, 0.717) is 19.1 Å². The molecule has 1 aliphatic carbocycles. The van der Waals surface area contributed by atoms with Crippen molar-refractivity contribution in [3.05, 3.63) is 57.6 Å². The average molecular weight is 408 g/mol. The molecule has 2 aromatic carbocycles. The lowest BCUT2D eigenvalue weighted by Gasteiger charge is -2.42. The van der Waals surface area contributed by atoms with Crippen LogP contribution in [0, 0.1) is 5.41 Å². The first-order chi connectivity index (χ1) is 11.4. The quantitative estimate of drug-likeness (QED) is 0.523. The Morgan fingerprint density at radius 2 is 1.62 bits per heavy atom. The molecule has 126 valence electrons. The van der Waals surface area contributed by atoms with Crippen molar-refractivity contribution in [2.45, 2.75) is 26.1 Å². The summed E-state index contributed by atoms with van der Waals surface area (Å²) in [6.07, 6.45) is 0.932. The van der Waals surface area contributed by atoms with Gasteiger partial charge in [0.1, 0.15) is 0 Å². The van der Waals surface area contributed by atoms with Gasteiger partial charge in [-0.25, -0.2) is 0 Å². The van der Waals surface area contributed by atoms with Gasteiger partial charge in [0, 0.05) is 15.5 Å². The highest BCUT2D eigenvalue weighted by molar-refractivity contribution is 9.10. The van der Waals surface area contributed by atoms with Crippen LogP contribution in [0.3, 0.4) is 0 Å². The van der Waals surface area contributed by atoms with Gasteiger partial charge in [0.2, 0.25) is 5.79 Å². The van der Waals surface area contributed by atoms with Crippen molar-refractivity contribution in [3.8, 4) is 11.1 Å². The maximum Gasteiger partial charge on any atom is 0.208 e. The van der Waals surface area contributed by atoms with Crippen molar-refractivity contribution < 1.29 is 9.47 Å². The van der Waals surface area contributed by atoms with Crippen molar-refractivity contribution >= 4 is 27.5 Å². The summed E-state index contributed by atoms with van der Waals surface area (Å²) < 4.78 is 13.3. The molecule has 0 unspecified atom stereocenters. The maximum atomic E-state index is 6.27. The second kappa shape index (κ2) is 5.84. The molecule has 4 heteroatoms. The maximum absolute atomic E-state index is 6.27. The van der Waals surface area contributed by atoms with Crippen LogP contribution in [0.4, 0.5) is 0 Å². The van der Waals surface area contributed by atoms with Crippen molar-refractivity contribution in [2.75, 3.05) is 19.1 Å². The minimum Gasteiger partial charge on any atom is -0.344 e. The lowest BCUT2D eigenvalue weighted by Crippen LogP contribution is -2.46. The number of ether oxygens (including phenoxy) is 2. The molecule has 0 saturated carbocycles. The van der Waals surface area contributed by atoms with Crippen molar-refractivity contribution in [1.82, 2.24) is 0 Å². The molecule has 24 heavy (non-hydrogen) atoms. The zero-order chi connectivity index (χ0) is 16.9. The van der Waals surface area contributed by atoms with Gasteiger partial charge in [-0.3, -0.25) is 0 Å². The van der Waals surface area contributed by atoms with Gasteiger partial charge >= 0.3 is 0 Å². The van der Waals surface area contributed by atoms with Crippen molar-refractivity contribution in [2.24, 2.45) is 5.41 Å². The van der Waals surface area contributed by atoms with Gasteiger partial charge in [0.25, 0.3) is 0 Å². The Morgan fingerprint density at radius 3 is 2.29 bits per heavy atom. The number of hydrogen-bond acceptors (Lipinski definition) is 2. The Morgan fingerprint density at radius 1 is 1.00 bits per heavy atom. The second-order valence-corrected chi connectivity index (χ2v) is 8.66. The third kappa shape index (κ3) is 2.72. The largest absolute Gasteiger partial charge is 0.344 e. The molecule has 0 aromatic heterocycles. The lowest BCUT2D eigenvalue weighted by molar-refractivity contribution is -0.295. The Hall–Kier alpha value is -0.870. The molecule has 1 saturated heterocycles. The van der Waals surface area contributed by atoms with Crippen LogP contribution in [0.15, 0.2) is 40.9 Å². The van der Waals surface area contributed by atoms with Crippen LogP contribution in [-0.4, -0.2) is 19.1 Å². The SMILES string of the molecule is CC1(C)COC(CCl)(c2ccc3c(c2)Cc2cc(Br)ccc2-3)OC1. The van der Waals surface area contributed by atoms with Crippen LogP contribution in [0.1, 0.15) is 30.5 Å². The molecular weight excluding hydrogens is 388 g/mol. The molecule has 0 N–H and O–H groups in total. The summed E-state index contributed by atoms with van der Waals surface area (Å²) in [5, 5.41) is 0. The summed E-state index contributed by atoms with van der Waals surface area (Å²) >= 11 is 9.83. The topological polar surface area (TPSA) is 18.5 Å². The number of hydrogen-bond donors (Lipinski definition) is 0. The van der Waals surface area contributed by atoms with Crippen LogP contribution < -0.4 is 0 Å². The summed E-state index contributed by atoms with van der Waals surface area (Å²) in [4.78, 5) is 0. The molecule has 4 rings (SSSR count). The molecule has 1 fully saturated rings. The van der Waals surface area contributed by atoms with E-state index in [1.807, 2.05) is 0 Å². The van der Waals surface area contributed by atoms with E-state index in [-0.39, 0.29) is 5.41 Å². The molecule has 0 radical (unpaired) electrons. The molecule has 0 atom stereocenters. The van der Waals surface area contributed by atoms with E-state index in [0.717, 1.165) is 16.5 Å². The fourth-order valence-corrected chi connectivity index (χ4v) is 4.16. The van der Waals surface area contributed by atoms with E-state index in [1.165, 1.54) is 22.3 Å². The Kier molecular flexibility index (Phi) is 4.04. The number of benzene rings is 2. The van der Waals surface area contributed by atoms with Gasteiger partial charge in [0.15, 0.2) is 0 Å². The minimum absolute atomic E-state index is 0.0226. The van der Waals surface area contributed by atoms with Gasteiger partial charge in [-0.15, -0.1) is 11.6 Å². The molecule has 2 nitrogen and oxygen atoms in total. The van der Waals surface area contributed by atoms with E-state index < -0.39 is 5.79 Å². The third-order valence-corrected chi connectivity index (χ3v) is 5.70. The Labute approximate surface area is 156 Å². The number of halogens is 2. The Bertz CT molecular complexity index is 790. The highest BCUT2D eigenvalue weighted by Crippen LogP contribution is 2.42. The normalized spacial score (nSPS) is 20.5. The fraction of sp³-hybridized carbons (Fsp3) is 0.400.